The van der Waals surface area contributed by atoms with Gasteiger partial charge in [0.15, 0.2) is 0 Å². The van der Waals surface area contributed by atoms with E-state index in [0.29, 0.717) is 6.61 Å². The van der Waals surface area contributed by atoms with Crippen molar-refractivity contribution in [2.75, 3.05) is 7.11 Å². The van der Waals surface area contributed by atoms with Crippen LogP contribution in [-0.4, -0.2) is 15.5 Å². The van der Waals surface area contributed by atoms with Gasteiger partial charge in [-0.25, -0.2) is 13.1 Å². The topological polar surface area (TPSA) is 55.4 Å². The van der Waals surface area contributed by atoms with E-state index in [0.717, 1.165) is 16.7 Å². The van der Waals surface area contributed by atoms with Crippen molar-refractivity contribution in [2.24, 2.45) is 0 Å². The third kappa shape index (κ3) is 5.44. The highest BCUT2D eigenvalue weighted by molar-refractivity contribution is 7.92. The minimum atomic E-state index is -3.46. The van der Waals surface area contributed by atoms with E-state index in [9.17, 15) is 8.42 Å². The van der Waals surface area contributed by atoms with Crippen molar-refractivity contribution in [3.05, 3.63) is 76.7 Å². The maximum absolute atomic E-state index is 12.0. The van der Waals surface area contributed by atoms with Crippen LogP contribution >= 0.6 is 0 Å². The summed E-state index contributed by atoms with van der Waals surface area (Å²) >= 11 is 0. The van der Waals surface area contributed by atoms with Crippen molar-refractivity contribution in [3.63, 3.8) is 0 Å². The molecule has 2 aromatic rings. The van der Waals surface area contributed by atoms with Crippen LogP contribution in [0.5, 0.6) is 0 Å². The quantitative estimate of drug-likeness (QED) is 0.854. The molecule has 0 heterocycles. The van der Waals surface area contributed by atoms with Gasteiger partial charge in [0.1, 0.15) is 0 Å². The second-order valence-corrected chi connectivity index (χ2v) is 6.48. The molecule has 0 fully saturated rings. The predicted molar refractivity (Wildman–Crippen MR) is 88.4 cm³/mol. The smallest absolute Gasteiger partial charge is 0.234 e. The van der Waals surface area contributed by atoms with E-state index in [2.05, 4.69) is 4.72 Å². The molecule has 22 heavy (non-hydrogen) atoms. The zero-order chi connectivity index (χ0) is 15.8. The van der Waals surface area contributed by atoms with Gasteiger partial charge in [-0.3, -0.25) is 0 Å². The maximum atomic E-state index is 12.0. The number of benzene rings is 2. The molecule has 0 unspecified atom stereocenters. The first-order chi connectivity index (χ1) is 10.6. The Kier molecular flexibility index (Phi) is 5.89. The molecule has 0 saturated carbocycles. The first-order valence-corrected chi connectivity index (χ1v) is 8.43. The molecular formula is C17H19NO3S. The van der Waals surface area contributed by atoms with Crippen molar-refractivity contribution in [2.45, 2.75) is 13.2 Å². The fourth-order valence-electron chi connectivity index (χ4n) is 1.96. The molecule has 0 saturated heterocycles. The van der Waals surface area contributed by atoms with Crippen LogP contribution in [0.25, 0.3) is 6.08 Å². The van der Waals surface area contributed by atoms with Crippen molar-refractivity contribution in [1.29, 1.82) is 0 Å². The number of hydrogen-bond acceptors (Lipinski definition) is 3. The van der Waals surface area contributed by atoms with Gasteiger partial charge in [0.25, 0.3) is 0 Å². The molecule has 2 aromatic carbocycles. The van der Waals surface area contributed by atoms with E-state index in [1.165, 1.54) is 5.41 Å². The average Bonchev–Trinajstić information content (AvgIpc) is 2.53. The first-order valence-electron chi connectivity index (χ1n) is 6.88. The van der Waals surface area contributed by atoms with Gasteiger partial charge in [-0.15, -0.1) is 0 Å². The van der Waals surface area contributed by atoms with Crippen LogP contribution in [0.4, 0.5) is 0 Å². The Morgan fingerprint density at radius 2 is 1.77 bits per heavy atom. The lowest BCUT2D eigenvalue weighted by atomic mass is 10.1. The fraction of sp³-hybridized carbons (Fsp3) is 0.176. The molecule has 0 aliphatic rings. The highest BCUT2D eigenvalue weighted by atomic mass is 32.2. The molecule has 0 radical (unpaired) electrons. The third-order valence-electron chi connectivity index (χ3n) is 3.02. The van der Waals surface area contributed by atoms with E-state index in [-0.39, 0.29) is 6.54 Å². The molecule has 0 aliphatic heterocycles. The molecule has 0 aromatic heterocycles. The number of methoxy groups -OCH3 is 1. The Balaban J connectivity index is 1.98. The van der Waals surface area contributed by atoms with E-state index >= 15 is 0 Å². The molecule has 0 spiro atoms. The van der Waals surface area contributed by atoms with Gasteiger partial charge in [0.05, 0.1) is 6.61 Å². The van der Waals surface area contributed by atoms with Crippen LogP contribution in [0.1, 0.15) is 16.7 Å². The van der Waals surface area contributed by atoms with E-state index < -0.39 is 10.0 Å². The average molecular weight is 317 g/mol. The highest BCUT2D eigenvalue weighted by Crippen LogP contribution is 2.07. The lowest BCUT2D eigenvalue weighted by Crippen LogP contribution is -2.20. The summed E-state index contributed by atoms with van der Waals surface area (Å²) in [4.78, 5) is 0. The summed E-state index contributed by atoms with van der Waals surface area (Å²) in [7, 11) is -1.84. The number of hydrogen-bond donors (Lipinski definition) is 1. The third-order valence-corrected chi connectivity index (χ3v) is 4.06. The minimum absolute atomic E-state index is 0.249. The lowest BCUT2D eigenvalue weighted by Gasteiger charge is -2.06. The fourth-order valence-corrected chi connectivity index (χ4v) is 2.76. The van der Waals surface area contributed by atoms with Gasteiger partial charge in [-0.2, -0.15) is 0 Å². The summed E-state index contributed by atoms with van der Waals surface area (Å²) in [5, 5.41) is 1.18. The second kappa shape index (κ2) is 7.89. The van der Waals surface area contributed by atoms with Gasteiger partial charge < -0.3 is 4.74 Å². The summed E-state index contributed by atoms with van der Waals surface area (Å²) in [6, 6.07) is 16.9. The Hall–Kier alpha value is -1.95. The van der Waals surface area contributed by atoms with Crippen LogP contribution in [-0.2, 0) is 27.9 Å². The first kappa shape index (κ1) is 16.4. The highest BCUT2D eigenvalue weighted by Gasteiger charge is 2.05. The summed E-state index contributed by atoms with van der Waals surface area (Å²) in [5.41, 5.74) is 2.75. The van der Waals surface area contributed by atoms with Gasteiger partial charge >= 0.3 is 0 Å². The van der Waals surface area contributed by atoms with Crippen molar-refractivity contribution < 1.29 is 13.2 Å². The second-order valence-electron chi connectivity index (χ2n) is 4.83. The molecule has 0 aliphatic carbocycles. The molecule has 2 rings (SSSR count). The minimum Gasteiger partial charge on any atom is -0.380 e. The van der Waals surface area contributed by atoms with Crippen molar-refractivity contribution >= 4 is 16.1 Å². The van der Waals surface area contributed by atoms with E-state index in [1.54, 1.807) is 13.2 Å². The van der Waals surface area contributed by atoms with Crippen LogP contribution in [0.15, 0.2) is 60.0 Å². The Morgan fingerprint density at radius 3 is 2.50 bits per heavy atom. The molecule has 0 bridgehead atoms. The number of rotatable bonds is 7. The van der Waals surface area contributed by atoms with Crippen LogP contribution in [0, 0.1) is 0 Å². The SMILES string of the molecule is COCc1cccc(CNS(=O)(=O)/C=C/c2ccccc2)c1. The molecular weight excluding hydrogens is 298 g/mol. The Morgan fingerprint density at radius 1 is 1.05 bits per heavy atom. The van der Waals surface area contributed by atoms with Crippen LogP contribution in [0.2, 0.25) is 0 Å². The molecule has 116 valence electrons. The molecule has 4 nitrogen and oxygen atoms in total. The van der Waals surface area contributed by atoms with Crippen LogP contribution < -0.4 is 4.72 Å². The van der Waals surface area contributed by atoms with Gasteiger partial charge in [0, 0.05) is 19.1 Å². The molecule has 5 heteroatoms. The van der Waals surface area contributed by atoms with Crippen molar-refractivity contribution in [3.8, 4) is 0 Å². The standard InChI is InChI=1S/C17H19NO3S/c1-21-14-17-9-5-8-16(12-17)13-18-22(19,20)11-10-15-6-3-2-4-7-15/h2-12,18H,13-14H2,1H3/b11-10+. The van der Waals surface area contributed by atoms with E-state index in [1.807, 2.05) is 54.6 Å². The normalized spacial score (nSPS) is 11.9. The zero-order valence-corrected chi connectivity index (χ0v) is 13.2. The Bertz CT molecular complexity index is 725. The monoisotopic (exact) mass is 317 g/mol. The number of sulfonamides is 1. The van der Waals surface area contributed by atoms with E-state index in [4.69, 9.17) is 4.74 Å². The van der Waals surface area contributed by atoms with Gasteiger partial charge in [0.2, 0.25) is 10.0 Å². The summed E-state index contributed by atoms with van der Waals surface area (Å²) in [6.45, 7) is 0.757. The van der Waals surface area contributed by atoms with Gasteiger partial charge in [-0.05, 0) is 22.8 Å². The largest absolute Gasteiger partial charge is 0.380 e. The Labute approximate surface area is 131 Å². The summed E-state index contributed by atoms with van der Waals surface area (Å²) in [6.07, 6.45) is 1.57. The number of ether oxygens (including phenoxy) is 1. The maximum Gasteiger partial charge on any atom is 0.234 e. The lowest BCUT2D eigenvalue weighted by molar-refractivity contribution is 0.185. The summed E-state index contributed by atoms with van der Waals surface area (Å²) < 4.78 is 31.6. The molecule has 0 amide bonds. The molecule has 0 atom stereocenters. The summed E-state index contributed by atoms with van der Waals surface area (Å²) in [5.74, 6) is 0. The zero-order valence-electron chi connectivity index (χ0n) is 12.4. The van der Waals surface area contributed by atoms with Crippen LogP contribution in [0.3, 0.4) is 0 Å². The molecule has 1 N–H and O–H groups in total. The predicted octanol–water partition coefficient (Wildman–Crippen LogP) is 2.92. The van der Waals surface area contributed by atoms with Gasteiger partial charge in [-0.1, -0.05) is 54.6 Å². The van der Waals surface area contributed by atoms with Crippen molar-refractivity contribution in [1.82, 2.24) is 4.72 Å². The number of nitrogens with one attached hydrogen (secondary N) is 1.